The Labute approximate surface area is 373 Å². The highest BCUT2D eigenvalue weighted by molar-refractivity contribution is 6.74. The number of benzene rings is 4. The number of nitrogens with zero attached hydrogens (tertiary/aromatic N) is 1. The van der Waals surface area contributed by atoms with Crippen molar-refractivity contribution in [2.45, 2.75) is 89.8 Å². The highest BCUT2D eigenvalue weighted by Crippen LogP contribution is 2.41. The number of piperidine rings is 1. The van der Waals surface area contributed by atoms with Crippen molar-refractivity contribution in [1.29, 1.82) is 0 Å². The van der Waals surface area contributed by atoms with Crippen LogP contribution in [0.4, 0.5) is 15.3 Å². The Morgan fingerprint density at radius 1 is 0.810 bits per heavy atom. The Balaban J connectivity index is 0.877. The molecule has 0 unspecified atom stereocenters. The third-order valence-corrected chi connectivity index (χ3v) is 16.6. The van der Waals surface area contributed by atoms with E-state index in [0.717, 1.165) is 91.6 Å². The van der Waals surface area contributed by atoms with Crippen molar-refractivity contribution in [3.05, 3.63) is 131 Å². The van der Waals surface area contributed by atoms with Crippen LogP contribution in [0, 0.1) is 0 Å². The zero-order valence-electron chi connectivity index (χ0n) is 37.6. The Bertz CT molecular complexity index is 2270. The average Bonchev–Trinajstić information content (AvgIpc) is 3.27. The Morgan fingerprint density at radius 3 is 2.24 bits per heavy atom. The third-order valence-electron chi connectivity index (χ3n) is 12.1. The quantitative estimate of drug-likeness (QED) is 0.0384. The summed E-state index contributed by atoms with van der Waals surface area (Å²) in [5, 5.41) is 13.5. The number of aromatic amines is 1. The first kappa shape index (κ1) is 47.0. The number of carbonyl (C=O) groups is 2. The number of carbonyl (C=O) groups excluding carboxylic acids is 2. The number of pyridine rings is 1. The van der Waals surface area contributed by atoms with Crippen LogP contribution in [-0.4, -0.2) is 82.2 Å². The van der Waals surface area contributed by atoms with Crippen molar-refractivity contribution < 1.29 is 23.5 Å². The molecule has 4 aromatic carbocycles. The van der Waals surface area contributed by atoms with E-state index in [-0.39, 0.29) is 28.8 Å². The highest BCUT2D eigenvalue weighted by Gasteiger charge is 2.40. The minimum atomic E-state index is -2.18. The molecule has 0 radical (unpaired) electrons. The van der Waals surface area contributed by atoms with Crippen LogP contribution in [0.15, 0.2) is 114 Å². The molecule has 1 aliphatic rings. The molecular weight excluding hydrogens is 809 g/mol. The number of amides is 3. The molecule has 5 N–H and O–H groups in total. The number of nitrogens with one attached hydrogen (secondary N) is 5. The van der Waals surface area contributed by atoms with Gasteiger partial charge in [0, 0.05) is 56.3 Å². The van der Waals surface area contributed by atoms with E-state index >= 15 is 0 Å². The minimum absolute atomic E-state index is 0.0125. The zero-order chi connectivity index (χ0) is 44.7. The van der Waals surface area contributed by atoms with E-state index in [0.29, 0.717) is 37.5 Å². The number of unbranched alkanes of at least 4 members (excludes halogenated alkanes) is 2. The summed E-state index contributed by atoms with van der Waals surface area (Å²) in [7, 11) is -2.18. The summed E-state index contributed by atoms with van der Waals surface area (Å²) in [6.45, 7) is 16.6. The molecule has 3 amide bonds. The molecule has 13 heteroatoms. The first-order valence-corrected chi connectivity index (χ1v) is 25.3. The van der Waals surface area contributed by atoms with Crippen LogP contribution in [0.5, 0.6) is 5.75 Å². The number of anilines is 1. The molecule has 0 aliphatic carbocycles. The van der Waals surface area contributed by atoms with Gasteiger partial charge in [-0.1, -0.05) is 112 Å². The molecule has 63 heavy (non-hydrogen) atoms. The van der Waals surface area contributed by atoms with Gasteiger partial charge in [0.05, 0.1) is 17.3 Å². The van der Waals surface area contributed by atoms with Crippen molar-refractivity contribution in [3.8, 4) is 16.9 Å². The first-order valence-electron chi connectivity index (χ1n) is 22.4. The summed E-state index contributed by atoms with van der Waals surface area (Å²) >= 11 is 0. The van der Waals surface area contributed by atoms with Gasteiger partial charge in [0.1, 0.15) is 18.5 Å². The van der Waals surface area contributed by atoms with Gasteiger partial charge in [-0.3, -0.25) is 10.1 Å². The predicted octanol–water partition coefficient (Wildman–Crippen LogP) is 9.61. The van der Waals surface area contributed by atoms with E-state index in [4.69, 9.17) is 13.9 Å². The number of H-pyrrole nitrogens is 1. The van der Waals surface area contributed by atoms with Gasteiger partial charge in [0.25, 0.3) is 0 Å². The molecule has 2 heterocycles. The van der Waals surface area contributed by atoms with Crippen LogP contribution >= 0.6 is 0 Å². The largest absolute Gasteiger partial charge is 0.487 e. The molecule has 0 spiro atoms. The normalized spacial score (nSPS) is 14.2. The second-order valence-corrected chi connectivity index (χ2v) is 22.6. The fourth-order valence-electron chi connectivity index (χ4n) is 7.51. The molecule has 0 saturated carbocycles. The molecule has 0 bridgehead atoms. The van der Waals surface area contributed by atoms with Gasteiger partial charge in [-0.15, -0.1) is 0 Å². The molecule has 336 valence electrons. The average molecular weight is 875 g/mol. The first-order chi connectivity index (χ1) is 30.4. The van der Waals surface area contributed by atoms with Crippen LogP contribution in [0.1, 0.15) is 70.1 Å². The number of fused-ring (bicyclic) bond motifs is 1. The van der Waals surface area contributed by atoms with Crippen molar-refractivity contribution in [1.82, 2.24) is 25.8 Å². The number of hydrogen-bond donors (Lipinski definition) is 5. The van der Waals surface area contributed by atoms with Crippen LogP contribution in [0.2, 0.25) is 18.1 Å². The van der Waals surface area contributed by atoms with Crippen LogP contribution in [-0.2, 0) is 15.8 Å². The monoisotopic (exact) mass is 874 g/mol. The van der Waals surface area contributed by atoms with E-state index in [1.807, 2.05) is 97.1 Å². The Morgan fingerprint density at radius 2 is 1.49 bits per heavy atom. The smallest absolute Gasteiger partial charge is 0.411 e. The second-order valence-electron chi connectivity index (χ2n) is 17.8. The summed E-state index contributed by atoms with van der Waals surface area (Å²) in [6, 6.07) is 35.0. The Hall–Kier alpha value is -5.47. The lowest BCUT2D eigenvalue weighted by atomic mass is 10.0. The van der Waals surface area contributed by atoms with Crippen LogP contribution < -0.4 is 31.6 Å². The van der Waals surface area contributed by atoms with Crippen LogP contribution in [0.25, 0.3) is 22.0 Å². The van der Waals surface area contributed by atoms with Crippen molar-refractivity contribution in [2.75, 3.05) is 51.1 Å². The second kappa shape index (κ2) is 22.7. The summed E-state index contributed by atoms with van der Waals surface area (Å²) < 4.78 is 19.1. The number of para-hydroxylation sites is 1. The van der Waals surface area contributed by atoms with E-state index in [1.165, 1.54) is 0 Å². The van der Waals surface area contributed by atoms with Gasteiger partial charge in [-0.2, -0.15) is 0 Å². The van der Waals surface area contributed by atoms with Crippen LogP contribution in [0.3, 0.4) is 0 Å². The molecule has 12 nitrogen and oxygen atoms in total. The fraction of sp³-hybridized carbons (Fsp3) is 0.420. The maximum atomic E-state index is 12.8. The van der Waals surface area contributed by atoms with Crippen molar-refractivity contribution in [2.24, 2.45) is 0 Å². The zero-order valence-corrected chi connectivity index (χ0v) is 38.6. The number of urea groups is 1. The van der Waals surface area contributed by atoms with Crippen molar-refractivity contribution >= 4 is 37.0 Å². The van der Waals surface area contributed by atoms with E-state index in [2.05, 4.69) is 71.1 Å². The Kier molecular flexibility index (Phi) is 17.0. The molecule has 1 atom stereocenters. The number of hydrogen-bond acceptors (Lipinski definition) is 8. The number of ether oxygens (including phenoxy) is 2. The standard InChI is InChI=1S/C50H66N6O6Si/c1-50(2,3)63(4,5)62-45(41-23-25-44(47-42(41)24-26-46(57)55-47)60-36-37-17-9-6-10-18-37)35-51-29-15-8-16-30-52-48(58)53-31-34-56-32-27-39(28-33-56)61-49(59)54-43-22-14-13-21-40(43)38-19-11-7-12-20-38/h6-7,9-14,17-26,39,45,51H,8,15-16,27-36H2,1-5H3,(H,54,59)(H,55,57)(H2,52,53,58)/t45-/m1/s1. The summed E-state index contributed by atoms with van der Waals surface area (Å²) in [4.78, 5) is 43.2. The van der Waals surface area contributed by atoms with Gasteiger partial charge < -0.3 is 39.7 Å². The third kappa shape index (κ3) is 14.0. The molecule has 6 rings (SSSR count). The van der Waals surface area contributed by atoms with E-state index in [9.17, 15) is 14.4 Å². The van der Waals surface area contributed by atoms with Crippen molar-refractivity contribution in [3.63, 3.8) is 0 Å². The molecule has 5 aromatic rings. The van der Waals surface area contributed by atoms with Gasteiger partial charge >= 0.3 is 12.1 Å². The number of likely N-dealkylation sites (tertiary alicyclic amines) is 1. The SMILES string of the molecule is CC(C)(C)[Si](C)(C)O[C@H](CNCCCCCNC(=O)NCCN1CCC(OC(=O)Nc2ccccc2-c2ccccc2)CC1)c1ccc(OCc2ccccc2)c2[nH]c(=O)ccc12. The number of aromatic nitrogens is 1. The van der Waals surface area contributed by atoms with Gasteiger partial charge in [-0.25, -0.2) is 9.59 Å². The maximum Gasteiger partial charge on any atom is 0.411 e. The van der Waals surface area contributed by atoms with E-state index < -0.39 is 14.4 Å². The lowest BCUT2D eigenvalue weighted by Crippen LogP contribution is -2.44. The molecular formula is C50H66N6O6Si. The summed E-state index contributed by atoms with van der Waals surface area (Å²) in [6.07, 6.45) is 3.47. The topological polar surface area (TPSA) is 146 Å². The van der Waals surface area contributed by atoms with E-state index in [1.54, 1.807) is 6.07 Å². The lowest BCUT2D eigenvalue weighted by molar-refractivity contribution is 0.0594. The predicted molar refractivity (Wildman–Crippen MR) is 256 cm³/mol. The summed E-state index contributed by atoms with van der Waals surface area (Å²) in [5.74, 6) is 0.629. The molecule has 1 saturated heterocycles. The van der Waals surface area contributed by atoms with Gasteiger partial charge in [0.15, 0.2) is 8.32 Å². The van der Waals surface area contributed by atoms with Gasteiger partial charge in [0.2, 0.25) is 5.56 Å². The highest BCUT2D eigenvalue weighted by atomic mass is 28.4. The molecule has 1 aliphatic heterocycles. The maximum absolute atomic E-state index is 12.8. The molecule has 1 fully saturated rings. The minimum Gasteiger partial charge on any atom is -0.487 e. The lowest BCUT2D eigenvalue weighted by Gasteiger charge is -2.39. The van der Waals surface area contributed by atoms with Gasteiger partial charge in [-0.05, 0) is 85.2 Å². The number of rotatable bonds is 20. The molecule has 1 aromatic heterocycles. The fourth-order valence-corrected chi connectivity index (χ4v) is 8.79. The summed E-state index contributed by atoms with van der Waals surface area (Å²) in [5.41, 5.74) is 5.26.